The Balaban J connectivity index is 2.43. The van der Waals surface area contributed by atoms with Crippen LogP contribution in [0.1, 0.15) is 52.4 Å². The second-order valence-corrected chi connectivity index (χ2v) is 6.99. The van der Waals surface area contributed by atoms with Crippen LogP contribution in [0, 0.1) is 5.92 Å². The zero-order valence-corrected chi connectivity index (χ0v) is 11.8. The summed E-state index contributed by atoms with van der Waals surface area (Å²) >= 11 is 0. The molecule has 0 aromatic rings. The summed E-state index contributed by atoms with van der Waals surface area (Å²) in [5, 5.41) is 0. The van der Waals surface area contributed by atoms with Crippen LogP contribution in [-0.4, -0.2) is 26.3 Å². The van der Waals surface area contributed by atoms with E-state index in [0.29, 0.717) is 0 Å². The fourth-order valence-corrected chi connectivity index (χ4v) is 4.31. The maximum atomic E-state index is 12.0. The fourth-order valence-electron chi connectivity index (χ4n) is 2.37. The smallest absolute Gasteiger partial charge is 0.212 e. The van der Waals surface area contributed by atoms with E-state index in [-0.39, 0.29) is 23.8 Å². The van der Waals surface area contributed by atoms with Crippen LogP contribution in [-0.2, 0) is 10.0 Å². The first kappa shape index (κ1) is 14.9. The minimum atomic E-state index is -3.11. The summed E-state index contributed by atoms with van der Waals surface area (Å²) in [6.45, 7) is 4.09. The molecule has 3 N–H and O–H groups in total. The van der Waals surface area contributed by atoms with Crippen molar-refractivity contribution in [1.29, 1.82) is 0 Å². The lowest BCUT2D eigenvalue weighted by molar-refractivity contribution is 0.372. The van der Waals surface area contributed by atoms with E-state index < -0.39 is 10.0 Å². The number of sulfonamides is 1. The Kier molecular flexibility index (Phi) is 5.89. The van der Waals surface area contributed by atoms with Gasteiger partial charge in [0.15, 0.2) is 0 Å². The molecule has 0 unspecified atom stereocenters. The van der Waals surface area contributed by atoms with E-state index in [2.05, 4.69) is 4.72 Å². The molecule has 0 amide bonds. The average molecular weight is 262 g/mol. The average Bonchev–Trinajstić information content (AvgIpc) is 2.29. The van der Waals surface area contributed by atoms with E-state index >= 15 is 0 Å². The monoisotopic (exact) mass is 262 g/mol. The summed E-state index contributed by atoms with van der Waals surface area (Å²) < 4.78 is 26.8. The van der Waals surface area contributed by atoms with Crippen LogP contribution in [0.2, 0.25) is 0 Å². The van der Waals surface area contributed by atoms with Gasteiger partial charge in [0.1, 0.15) is 0 Å². The third kappa shape index (κ3) is 5.36. The Bertz CT molecular complexity index is 304. The molecular weight excluding hydrogens is 236 g/mol. The largest absolute Gasteiger partial charge is 0.328 e. The van der Waals surface area contributed by atoms with Gasteiger partial charge in [0.2, 0.25) is 10.0 Å². The first-order valence-corrected chi connectivity index (χ1v) is 8.37. The number of hydrogen-bond donors (Lipinski definition) is 2. The molecule has 4 nitrogen and oxygen atoms in total. The number of hydrogen-bond acceptors (Lipinski definition) is 3. The highest BCUT2D eigenvalue weighted by Crippen LogP contribution is 2.18. The zero-order chi connectivity index (χ0) is 12.9. The van der Waals surface area contributed by atoms with Gasteiger partial charge in [-0.05, 0) is 31.6 Å². The molecule has 102 valence electrons. The van der Waals surface area contributed by atoms with Gasteiger partial charge < -0.3 is 5.73 Å². The van der Waals surface area contributed by atoms with Crippen LogP contribution >= 0.6 is 0 Å². The summed E-state index contributed by atoms with van der Waals surface area (Å²) in [7, 11) is -3.11. The minimum Gasteiger partial charge on any atom is -0.328 e. The van der Waals surface area contributed by atoms with Gasteiger partial charge in [-0.1, -0.05) is 26.7 Å². The molecule has 1 saturated carbocycles. The second-order valence-electron chi connectivity index (χ2n) is 5.19. The fraction of sp³-hybridized carbons (Fsp3) is 1.00. The molecule has 1 aliphatic rings. The molecule has 0 saturated heterocycles. The van der Waals surface area contributed by atoms with Crippen molar-refractivity contribution in [2.45, 2.75) is 64.5 Å². The second kappa shape index (κ2) is 6.71. The van der Waals surface area contributed by atoms with Gasteiger partial charge in [0.25, 0.3) is 0 Å². The summed E-state index contributed by atoms with van der Waals surface area (Å²) in [5.41, 5.74) is 5.81. The van der Waals surface area contributed by atoms with Crippen molar-refractivity contribution < 1.29 is 8.42 Å². The summed E-state index contributed by atoms with van der Waals surface area (Å²) in [5.74, 6) is 0.543. The molecule has 0 spiro atoms. The molecular formula is C12H26N2O2S. The van der Waals surface area contributed by atoms with Crippen LogP contribution in [0.4, 0.5) is 0 Å². The molecule has 0 bridgehead atoms. The normalized spacial score (nSPS) is 26.4. The van der Waals surface area contributed by atoms with E-state index in [1.54, 1.807) is 0 Å². The SMILES string of the molecule is CCC(CC)CS(=O)(=O)NC1CCC(N)CC1. The molecule has 0 aromatic heterocycles. The van der Waals surface area contributed by atoms with Gasteiger partial charge in [-0.25, -0.2) is 13.1 Å². The molecule has 0 heterocycles. The van der Waals surface area contributed by atoms with Gasteiger partial charge in [-0.2, -0.15) is 0 Å². The molecule has 17 heavy (non-hydrogen) atoms. The van der Waals surface area contributed by atoms with Crippen molar-refractivity contribution in [1.82, 2.24) is 4.72 Å². The van der Waals surface area contributed by atoms with Crippen molar-refractivity contribution in [3.8, 4) is 0 Å². The molecule has 1 fully saturated rings. The maximum absolute atomic E-state index is 12.0. The predicted molar refractivity (Wildman–Crippen MR) is 71.2 cm³/mol. The van der Waals surface area contributed by atoms with Crippen LogP contribution < -0.4 is 10.5 Å². The zero-order valence-electron chi connectivity index (χ0n) is 11.0. The topological polar surface area (TPSA) is 72.2 Å². The van der Waals surface area contributed by atoms with E-state index in [9.17, 15) is 8.42 Å². The number of nitrogens with two attached hydrogens (primary N) is 1. The van der Waals surface area contributed by atoms with Crippen molar-refractivity contribution in [3.63, 3.8) is 0 Å². The molecule has 0 atom stereocenters. The third-order valence-electron chi connectivity index (χ3n) is 3.73. The van der Waals surface area contributed by atoms with Gasteiger partial charge >= 0.3 is 0 Å². The number of nitrogens with one attached hydrogen (secondary N) is 1. The summed E-state index contributed by atoms with van der Waals surface area (Å²) in [4.78, 5) is 0. The first-order chi connectivity index (χ1) is 7.96. The highest BCUT2D eigenvalue weighted by atomic mass is 32.2. The Morgan fingerprint density at radius 1 is 1.18 bits per heavy atom. The molecule has 1 aliphatic carbocycles. The maximum Gasteiger partial charge on any atom is 0.212 e. The van der Waals surface area contributed by atoms with Crippen LogP contribution in [0.25, 0.3) is 0 Å². The lowest BCUT2D eigenvalue weighted by Gasteiger charge is -2.27. The van der Waals surface area contributed by atoms with Crippen LogP contribution in [0.5, 0.6) is 0 Å². The Hall–Kier alpha value is -0.130. The first-order valence-electron chi connectivity index (χ1n) is 6.72. The molecule has 1 rings (SSSR count). The summed E-state index contributed by atoms with van der Waals surface area (Å²) in [6, 6.07) is 0.365. The van der Waals surface area contributed by atoms with Gasteiger partial charge in [0.05, 0.1) is 5.75 Å². The standard InChI is InChI=1S/C12H26N2O2S/c1-3-10(4-2)9-17(15,16)14-12-7-5-11(13)6-8-12/h10-12,14H,3-9,13H2,1-2H3. The third-order valence-corrected chi connectivity index (χ3v) is 5.33. The Morgan fingerprint density at radius 2 is 1.71 bits per heavy atom. The van der Waals surface area contributed by atoms with Crippen molar-refractivity contribution in [2.24, 2.45) is 11.7 Å². The van der Waals surface area contributed by atoms with E-state index in [4.69, 9.17) is 5.73 Å². The molecule has 0 radical (unpaired) electrons. The summed E-state index contributed by atoms with van der Waals surface area (Å²) in [6.07, 6.45) is 5.46. The lowest BCUT2D eigenvalue weighted by atomic mass is 9.93. The lowest BCUT2D eigenvalue weighted by Crippen LogP contribution is -2.42. The van der Waals surface area contributed by atoms with E-state index in [1.165, 1.54) is 0 Å². The molecule has 5 heteroatoms. The van der Waals surface area contributed by atoms with Gasteiger partial charge in [-0.3, -0.25) is 0 Å². The van der Waals surface area contributed by atoms with Gasteiger partial charge in [0, 0.05) is 12.1 Å². The molecule has 0 aromatic carbocycles. The molecule has 0 aliphatic heterocycles. The quantitative estimate of drug-likeness (QED) is 0.764. The van der Waals surface area contributed by atoms with E-state index in [0.717, 1.165) is 38.5 Å². The van der Waals surface area contributed by atoms with Crippen LogP contribution in [0.3, 0.4) is 0 Å². The predicted octanol–water partition coefficient (Wildman–Crippen LogP) is 1.61. The minimum absolute atomic E-state index is 0.106. The van der Waals surface area contributed by atoms with Crippen LogP contribution in [0.15, 0.2) is 0 Å². The Labute approximate surface area is 105 Å². The van der Waals surface area contributed by atoms with E-state index in [1.807, 2.05) is 13.8 Å². The highest BCUT2D eigenvalue weighted by Gasteiger charge is 2.24. The van der Waals surface area contributed by atoms with Crippen molar-refractivity contribution in [3.05, 3.63) is 0 Å². The van der Waals surface area contributed by atoms with Gasteiger partial charge in [-0.15, -0.1) is 0 Å². The highest BCUT2D eigenvalue weighted by molar-refractivity contribution is 7.89. The Morgan fingerprint density at radius 3 is 2.18 bits per heavy atom. The number of rotatable bonds is 6. The van der Waals surface area contributed by atoms with Crippen molar-refractivity contribution in [2.75, 3.05) is 5.75 Å². The van der Waals surface area contributed by atoms with Crippen molar-refractivity contribution >= 4 is 10.0 Å².